The summed E-state index contributed by atoms with van der Waals surface area (Å²) in [7, 11) is 0. The Labute approximate surface area is 304 Å². The first-order valence-electron chi connectivity index (χ1n) is 18.6. The van der Waals surface area contributed by atoms with Crippen LogP contribution in [-0.2, 0) is 0 Å². The molecule has 0 saturated carbocycles. The molecule has 8 aromatic rings. The number of allylic oxidation sites excluding steroid dienone is 4. The highest BCUT2D eigenvalue weighted by molar-refractivity contribution is 6.14. The number of para-hydroxylation sites is 1. The van der Waals surface area contributed by atoms with Gasteiger partial charge in [0.05, 0.1) is 0 Å². The van der Waals surface area contributed by atoms with Crippen molar-refractivity contribution in [2.75, 3.05) is 0 Å². The number of rotatable bonds is 5. The molecule has 2 aliphatic rings. The van der Waals surface area contributed by atoms with Crippen LogP contribution in [0.2, 0.25) is 0 Å². The summed E-state index contributed by atoms with van der Waals surface area (Å²) in [5.41, 5.74) is 14.4. The van der Waals surface area contributed by atoms with E-state index < -0.39 is 0 Å². The third kappa shape index (κ3) is 5.16. The number of hydrogen-bond donors (Lipinski definition) is 0. The van der Waals surface area contributed by atoms with Gasteiger partial charge in [-0.1, -0.05) is 146 Å². The number of fused-ring (bicyclic) bond motifs is 5. The van der Waals surface area contributed by atoms with Gasteiger partial charge in [-0.25, -0.2) is 0 Å². The van der Waals surface area contributed by atoms with Crippen molar-refractivity contribution in [3.63, 3.8) is 0 Å². The van der Waals surface area contributed by atoms with Crippen molar-refractivity contribution in [1.29, 1.82) is 0 Å². The van der Waals surface area contributed by atoms with Crippen LogP contribution in [0.1, 0.15) is 31.7 Å². The van der Waals surface area contributed by atoms with E-state index in [9.17, 15) is 0 Å². The monoisotopic (exact) mass is 666 g/mol. The van der Waals surface area contributed by atoms with Gasteiger partial charge in [0.25, 0.3) is 0 Å². The van der Waals surface area contributed by atoms with Crippen LogP contribution in [0.3, 0.4) is 0 Å². The quantitative estimate of drug-likeness (QED) is 0.178. The molecule has 1 atom stereocenters. The van der Waals surface area contributed by atoms with Crippen molar-refractivity contribution in [3.8, 4) is 44.5 Å². The van der Waals surface area contributed by atoms with Gasteiger partial charge in [0.1, 0.15) is 11.2 Å². The maximum atomic E-state index is 6.35. The van der Waals surface area contributed by atoms with Crippen LogP contribution in [0.5, 0.6) is 0 Å². The molecule has 248 valence electrons. The van der Waals surface area contributed by atoms with Gasteiger partial charge >= 0.3 is 0 Å². The average Bonchev–Trinajstić information content (AvgIpc) is 3.59. The summed E-state index contributed by atoms with van der Waals surface area (Å²) in [5, 5.41) is 7.53. The van der Waals surface area contributed by atoms with Crippen LogP contribution >= 0.6 is 0 Å². The topological polar surface area (TPSA) is 13.1 Å². The third-order valence-corrected chi connectivity index (χ3v) is 11.0. The molecule has 0 radical (unpaired) electrons. The van der Waals surface area contributed by atoms with Gasteiger partial charge in [0.2, 0.25) is 0 Å². The summed E-state index contributed by atoms with van der Waals surface area (Å²) in [5.74, 6) is 0.584. The summed E-state index contributed by atoms with van der Waals surface area (Å²) in [4.78, 5) is 0. The van der Waals surface area contributed by atoms with E-state index in [1.165, 1.54) is 82.2 Å². The minimum atomic E-state index is 0.584. The summed E-state index contributed by atoms with van der Waals surface area (Å²) < 4.78 is 6.35. The third-order valence-electron chi connectivity index (χ3n) is 11.0. The normalized spacial score (nSPS) is 15.3. The molecule has 1 unspecified atom stereocenters. The van der Waals surface area contributed by atoms with E-state index in [-0.39, 0.29) is 0 Å². The lowest BCUT2D eigenvalue weighted by Crippen LogP contribution is -2.31. The molecule has 2 aliphatic carbocycles. The first-order valence-corrected chi connectivity index (χ1v) is 18.6. The van der Waals surface area contributed by atoms with Crippen molar-refractivity contribution in [2.45, 2.75) is 26.2 Å². The zero-order valence-electron chi connectivity index (χ0n) is 29.3. The molecule has 52 heavy (non-hydrogen) atoms. The zero-order valence-corrected chi connectivity index (χ0v) is 29.3. The SMILES string of the molecule is CC1C=CC(c2cccc(-c3c4c(c(-c5cccc(-c6ccccc6)c5)c5cc(-c6cccc7oc8ccccc8c67)ccc35)=CCCC=4)c2)=CC1. The van der Waals surface area contributed by atoms with Crippen LogP contribution in [-0.4, -0.2) is 0 Å². The molecule has 0 fully saturated rings. The molecule has 1 nitrogen and oxygen atoms in total. The number of furan rings is 1. The first kappa shape index (κ1) is 30.6. The Morgan fingerprint density at radius 2 is 1.13 bits per heavy atom. The van der Waals surface area contributed by atoms with Crippen molar-refractivity contribution < 1.29 is 4.42 Å². The lowest BCUT2D eigenvalue weighted by molar-refractivity contribution is 0.669. The van der Waals surface area contributed by atoms with Crippen LogP contribution in [0, 0.1) is 5.92 Å². The van der Waals surface area contributed by atoms with Gasteiger partial charge in [-0.05, 0) is 132 Å². The van der Waals surface area contributed by atoms with Crippen LogP contribution in [0.25, 0.3) is 94.9 Å². The molecular formula is C51H38O. The molecular weight excluding hydrogens is 629 g/mol. The van der Waals surface area contributed by atoms with Crippen molar-refractivity contribution in [3.05, 3.63) is 174 Å². The van der Waals surface area contributed by atoms with E-state index in [1.54, 1.807) is 0 Å². The number of hydrogen-bond acceptors (Lipinski definition) is 1. The Bertz CT molecular complexity index is 2880. The van der Waals surface area contributed by atoms with Crippen LogP contribution in [0.4, 0.5) is 0 Å². The highest BCUT2D eigenvalue weighted by Crippen LogP contribution is 2.41. The highest BCUT2D eigenvalue weighted by atomic mass is 16.3. The first-order chi connectivity index (χ1) is 25.7. The Morgan fingerprint density at radius 1 is 0.481 bits per heavy atom. The van der Waals surface area contributed by atoms with Gasteiger partial charge in [-0.3, -0.25) is 0 Å². The van der Waals surface area contributed by atoms with Crippen LogP contribution < -0.4 is 10.4 Å². The van der Waals surface area contributed by atoms with E-state index in [1.807, 2.05) is 6.07 Å². The van der Waals surface area contributed by atoms with E-state index in [0.29, 0.717) is 5.92 Å². The summed E-state index contributed by atoms with van der Waals surface area (Å²) in [6, 6.07) is 51.1. The summed E-state index contributed by atoms with van der Waals surface area (Å²) in [6.07, 6.45) is 15.1. The van der Waals surface area contributed by atoms with Gasteiger partial charge < -0.3 is 4.42 Å². The molecule has 0 N–H and O–H groups in total. The minimum Gasteiger partial charge on any atom is -0.456 e. The predicted octanol–water partition coefficient (Wildman–Crippen LogP) is 12.7. The average molecular weight is 667 g/mol. The minimum absolute atomic E-state index is 0.584. The van der Waals surface area contributed by atoms with Crippen molar-refractivity contribution in [2.24, 2.45) is 5.92 Å². The second-order valence-electron chi connectivity index (χ2n) is 14.4. The molecule has 10 rings (SSSR count). The van der Waals surface area contributed by atoms with E-state index in [2.05, 4.69) is 171 Å². The fourth-order valence-corrected chi connectivity index (χ4v) is 8.49. The van der Waals surface area contributed by atoms with Gasteiger partial charge in [0, 0.05) is 10.8 Å². The van der Waals surface area contributed by atoms with E-state index >= 15 is 0 Å². The maximum Gasteiger partial charge on any atom is 0.136 e. The second-order valence-corrected chi connectivity index (χ2v) is 14.4. The smallest absolute Gasteiger partial charge is 0.136 e. The molecule has 0 bridgehead atoms. The molecule has 0 aliphatic heterocycles. The second kappa shape index (κ2) is 12.5. The highest BCUT2D eigenvalue weighted by Gasteiger charge is 2.20. The summed E-state index contributed by atoms with van der Waals surface area (Å²) in [6.45, 7) is 2.28. The molecule has 1 heterocycles. The Kier molecular flexibility index (Phi) is 7.39. The van der Waals surface area contributed by atoms with E-state index in [4.69, 9.17) is 4.42 Å². The fraction of sp³-hybridized carbons (Fsp3) is 0.0980. The van der Waals surface area contributed by atoms with Gasteiger partial charge in [-0.2, -0.15) is 0 Å². The molecule has 1 aromatic heterocycles. The van der Waals surface area contributed by atoms with Gasteiger partial charge in [0.15, 0.2) is 0 Å². The largest absolute Gasteiger partial charge is 0.456 e. The lowest BCUT2D eigenvalue weighted by Gasteiger charge is -2.20. The Morgan fingerprint density at radius 3 is 1.92 bits per heavy atom. The molecule has 0 amide bonds. The van der Waals surface area contributed by atoms with Crippen molar-refractivity contribution >= 4 is 50.4 Å². The predicted molar refractivity (Wildman–Crippen MR) is 221 cm³/mol. The van der Waals surface area contributed by atoms with Crippen LogP contribution in [0.15, 0.2) is 162 Å². The Hall–Kier alpha value is -6.18. The molecule has 0 saturated heterocycles. The maximum absolute atomic E-state index is 6.35. The van der Waals surface area contributed by atoms with Crippen molar-refractivity contribution in [1.82, 2.24) is 0 Å². The zero-order chi connectivity index (χ0) is 34.6. The van der Waals surface area contributed by atoms with E-state index in [0.717, 1.165) is 35.8 Å². The number of benzene rings is 7. The lowest BCUT2D eigenvalue weighted by atomic mass is 9.83. The molecule has 1 heteroatoms. The molecule has 7 aromatic carbocycles. The Balaban J connectivity index is 1.28. The molecule has 0 spiro atoms. The standard InChI is InChI=1S/C51H38O/c1-33-24-26-35(27-25-33)37-15-10-16-39(31-37)49-42-18-5-6-19-43(42)50(40-17-9-14-36(30-40)34-12-3-2-4-13-34)46-32-38(28-29-44(46)49)41-21-11-23-48-51(41)45-20-7-8-22-47(45)52-48/h2-4,7-24,26-33H,5-6,25H2,1H3. The summed E-state index contributed by atoms with van der Waals surface area (Å²) >= 11 is 0. The van der Waals surface area contributed by atoms with Gasteiger partial charge in [-0.15, -0.1) is 0 Å². The fourth-order valence-electron chi connectivity index (χ4n) is 8.49.